The van der Waals surface area contributed by atoms with Crippen LogP contribution in [0.3, 0.4) is 0 Å². The zero-order valence-electron chi connectivity index (χ0n) is 22.8. The van der Waals surface area contributed by atoms with Crippen LogP contribution in [0.5, 0.6) is 11.5 Å². The van der Waals surface area contributed by atoms with Gasteiger partial charge in [0, 0.05) is 16.8 Å². The number of anilines is 2. The minimum atomic E-state index is -4.81. The van der Waals surface area contributed by atoms with E-state index in [0.29, 0.717) is 27.6 Å². The summed E-state index contributed by atoms with van der Waals surface area (Å²) in [6.45, 7) is 1.65. The molecule has 0 saturated heterocycles. The predicted octanol–water partition coefficient (Wildman–Crippen LogP) is 8.87. The molecule has 0 fully saturated rings. The molecule has 222 valence electrons. The third kappa shape index (κ3) is 6.47. The van der Waals surface area contributed by atoms with Crippen molar-refractivity contribution in [1.82, 2.24) is 0 Å². The van der Waals surface area contributed by atoms with Crippen LogP contribution in [0.15, 0.2) is 114 Å². The van der Waals surface area contributed by atoms with E-state index in [1.54, 1.807) is 55.5 Å². The lowest BCUT2D eigenvalue weighted by Gasteiger charge is -2.13. The number of nitrogens with two attached hydrogens (primary N) is 2. The van der Waals surface area contributed by atoms with Gasteiger partial charge in [0.1, 0.15) is 27.7 Å². The highest BCUT2D eigenvalue weighted by atomic mass is 35.5. The van der Waals surface area contributed by atoms with Gasteiger partial charge in [-0.2, -0.15) is 23.8 Å². The normalized spacial score (nSPS) is 12.2. The van der Waals surface area contributed by atoms with Crippen LogP contribution in [0.1, 0.15) is 5.56 Å². The van der Waals surface area contributed by atoms with Crippen LogP contribution in [0.25, 0.3) is 10.8 Å². The number of halogens is 1. The van der Waals surface area contributed by atoms with Crippen LogP contribution in [0.2, 0.25) is 5.02 Å². The summed E-state index contributed by atoms with van der Waals surface area (Å²) < 4.78 is 34.6. The van der Waals surface area contributed by atoms with E-state index < -0.39 is 15.0 Å². The Bertz CT molecular complexity index is 2100. The SMILES string of the molecule is Cc1cc2cc(S(=O)(=O)O)c(N=Nc3ccc(N=Nc4ccc(N)cc4O)cc3)c(N)c2c(O)c1N=Nc1ccc(Cl)cc1. The maximum absolute atomic E-state index is 12.3. The molecule has 0 unspecified atom stereocenters. The first kappa shape index (κ1) is 30.0. The molecule has 5 aromatic carbocycles. The first-order valence-electron chi connectivity index (χ1n) is 12.7. The number of phenolic OH excluding ortho intramolecular Hbond substituents is 2. The predicted molar refractivity (Wildman–Crippen MR) is 168 cm³/mol. The average molecular weight is 631 g/mol. The highest BCUT2D eigenvalue weighted by Gasteiger charge is 2.24. The van der Waals surface area contributed by atoms with Gasteiger partial charge in [0.25, 0.3) is 10.1 Å². The molecule has 0 atom stereocenters. The summed E-state index contributed by atoms with van der Waals surface area (Å²) in [5, 5.41) is 46.3. The van der Waals surface area contributed by atoms with Crippen molar-refractivity contribution in [1.29, 1.82) is 0 Å². The van der Waals surface area contributed by atoms with Gasteiger partial charge in [-0.3, -0.25) is 4.55 Å². The smallest absolute Gasteiger partial charge is 0.296 e. The first-order chi connectivity index (χ1) is 20.9. The van der Waals surface area contributed by atoms with E-state index in [9.17, 15) is 23.2 Å². The Morgan fingerprint density at radius 3 is 1.82 bits per heavy atom. The fraction of sp³-hybridized carbons (Fsp3) is 0.0345. The lowest BCUT2D eigenvalue weighted by molar-refractivity contribution is 0.476. The molecule has 0 aliphatic rings. The second-order valence-corrected chi connectivity index (χ2v) is 11.3. The van der Waals surface area contributed by atoms with Crippen molar-refractivity contribution in [2.24, 2.45) is 30.7 Å². The van der Waals surface area contributed by atoms with Crippen molar-refractivity contribution in [3.05, 3.63) is 89.4 Å². The summed E-state index contributed by atoms with van der Waals surface area (Å²) in [7, 11) is -4.81. The number of benzene rings is 5. The van der Waals surface area contributed by atoms with Crippen LogP contribution >= 0.6 is 11.6 Å². The maximum Gasteiger partial charge on any atom is 0.296 e. The zero-order chi connectivity index (χ0) is 31.6. The standard InChI is InChI=1S/C29H23ClN8O5S/c1-15-12-16-13-24(44(41,42)43)28(26(32)25(16)29(40)27(15)37-34-19-5-2-17(30)3-6-19)38-35-21-9-7-20(8-10-21)33-36-22-11-4-18(31)14-23(22)39/h2-14,39-40H,31-32H2,1H3,(H,41,42,43). The van der Waals surface area contributed by atoms with E-state index in [1.807, 2.05) is 0 Å². The van der Waals surface area contributed by atoms with Gasteiger partial charge in [-0.1, -0.05) is 11.6 Å². The number of aromatic hydroxyl groups is 2. The van der Waals surface area contributed by atoms with Gasteiger partial charge >= 0.3 is 0 Å². The lowest BCUT2D eigenvalue weighted by Crippen LogP contribution is -2.02. The Balaban J connectivity index is 1.51. The number of fused-ring (bicyclic) bond motifs is 1. The molecule has 44 heavy (non-hydrogen) atoms. The second kappa shape index (κ2) is 12.0. The van der Waals surface area contributed by atoms with E-state index in [2.05, 4.69) is 30.7 Å². The molecular formula is C29H23ClN8O5S. The molecule has 13 nitrogen and oxygen atoms in total. The molecule has 0 aliphatic carbocycles. The van der Waals surface area contributed by atoms with Crippen LogP contribution in [-0.2, 0) is 10.1 Å². The second-order valence-electron chi connectivity index (χ2n) is 9.44. The molecule has 0 radical (unpaired) electrons. The summed E-state index contributed by atoms with van der Waals surface area (Å²) in [6.07, 6.45) is 0. The Hall–Kier alpha value is -5.44. The fourth-order valence-corrected chi connectivity index (χ4v) is 4.94. The van der Waals surface area contributed by atoms with Crippen molar-refractivity contribution in [2.45, 2.75) is 11.8 Å². The summed E-state index contributed by atoms with van der Waals surface area (Å²) in [5.74, 6) is -0.491. The van der Waals surface area contributed by atoms with Gasteiger partial charge in [-0.05, 0) is 90.7 Å². The Kier molecular flexibility index (Phi) is 8.22. The van der Waals surface area contributed by atoms with Gasteiger partial charge in [-0.15, -0.1) is 15.3 Å². The zero-order valence-corrected chi connectivity index (χ0v) is 24.4. The van der Waals surface area contributed by atoms with Crippen molar-refractivity contribution < 1.29 is 23.2 Å². The summed E-state index contributed by atoms with van der Waals surface area (Å²) >= 11 is 5.91. The van der Waals surface area contributed by atoms with Gasteiger partial charge in [0.2, 0.25) is 0 Å². The molecule has 15 heteroatoms. The van der Waals surface area contributed by atoms with E-state index >= 15 is 0 Å². The molecule has 0 amide bonds. The fourth-order valence-electron chi connectivity index (χ4n) is 4.15. The van der Waals surface area contributed by atoms with E-state index in [4.69, 9.17) is 23.1 Å². The Labute approximate surface area is 255 Å². The van der Waals surface area contributed by atoms with E-state index in [1.165, 1.54) is 24.3 Å². The minimum absolute atomic E-state index is 0.0451. The van der Waals surface area contributed by atoms with Gasteiger partial charge in [-0.25, -0.2) is 0 Å². The lowest BCUT2D eigenvalue weighted by atomic mass is 10.0. The Morgan fingerprint density at radius 1 is 0.705 bits per heavy atom. The third-order valence-electron chi connectivity index (χ3n) is 6.30. The molecule has 5 rings (SSSR count). The maximum atomic E-state index is 12.3. The van der Waals surface area contributed by atoms with Crippen molar-refractivity contribution >= 4 is 78.0 Å². The molecule has 0 heterocycles. The molecule has 7 N–H and O–H groups in total. The topological polar surface area (TPSA) is 221 Å². The summed E-state index contributed by atoms with van der Waals surface area (Å²) in [5.41, 5.74) is 13.7. The number of azo groups is 3. The van der Waals surface area contributed by atoms with Crippen molar-refractivity contribution in [3.8, 4) is 11.5 Å². The number of hydrogen-bond donors (Lipinski definition) is 5. The minimum Gasteiger partial charge on any atom is -0.506 e. The molecule has 5 aromatic rings. The molecule has 0 bridgehead atoms. The molecule has 0 aromatic heterocycles. The largest absolute Gasteiger partial charge is 0.506 e. The molecule has 0 spiro atoms. The number of hydrogen-bond acceptors (Lipinski definition) is 12. The highest BCUT2D eigenvalue weighted by Crippen LogP contribution is 2.47. The molecular weight excluding hydrogens is 608 g/mol. The van der Waals surface area contributed by atoms with Crippen LogP contribution in [0, 0.1) is 6.92 Å². The van der Waals surface area contributed by atoms with Crippen LogP contribution in [-0.4, -0.2) is 23.2 Å². The highest BCUT2D eigenvalue weighted by molar-refractivity contribution is 7.86. The van der Waals surface area contributed by atoms with Crippen LogP contribution in [0.4, 0.5) is 45.5 Å². The van der Waals surface area contributed by atoms with Gasteiger partial charge in [0.05, 0.1) is 28.1 Å². The number of rotatable bonds is 7. The molecule has 0 aliphatic heterocycles. The van der Waals surface area contributed by atoms with Gasteiger partial charge < -0.3 is 21.7 Å². The Morgan fingerprint density at radius 2 is 1.25 bits per heavy atom. The monoisotopic (exact) mass is 630 g/mol. The van der Waals surface area contributed by atoms with Crippen molar-refractivity contribution in [2.75, 3.05) is 11.5 Å². The quantitative estimate of drug-likeness (QED) is 0.0666. The first-order valence-corrected chi connectivity index (χ1v) is 14.5. The number of phenols is 2. The number of nitrogens with zero attached hydrogens (tertiary/aromatic N) is 6. The van der Waals surface area contributed by atoms with E-state index in [-0.39, 0.29) is 50.7 Å². The summed E-state index contributed by atoms with van der Waals surface area (Å²) in [4.78, 5) is -0.602. The van der Waals surface area contributed by atoms with Gasteiger partial charge in [0.15, 0.2) is 5.75 Å². The number of nitrogen functional groups attached to an aromatic ring is 2. The number of aryl methyl sites for hydroxylation is 1. The third-order valence-corrected chi connectivity index (χ3v) is 7.42. The van der Waals surface area contributed by atoms with Crippen LogP contribution < -0.4 is 11.5 Å². The van der Waals surface area contributed by atoms with Crippen molar-refractivity contribution in [3.63, 3.8) is 0 Å². The average Bonchev–Trinajstić information content (AvgIpc) is 2.97. The molecule has 0 saturated carbocycles. The van der Waals surface area contributed by atoms with E-state index in [0.717, 1.165) is 6.07 Å². The summed E-state index contributed by atoms with van der Waals surface area (Å²) in [6, 6.07) is 19.9.